The Bertz CT molecular complexity index is 851. The zero-order chi connectivity index (χ0) is 18.5. The number of benzene rings is 2. The summed E-state index contributed by atoms with van der Waals surface area (Å²) in [4.78, 5) is 8.89. The summed E-state index contributed by atoms with van der Waals surface area (Å²) < 4.78 is 0. The molecule has 2 nitrogen and oxygen atoms in total. The van der Waals surface area contributed by atoms with Gasteiger partial charge in [0.1, 0.15) is 5.03 Å². The van der Waals surface area contributed by atoms with Crippen LogP contribution in [-0.4, -0.2) is 9.97 Å². The predicted octanol–water partition coefficient (Wildman–Crippen LogP) is 7.67. The molecule has 0 unspecified atom stereocenters. The minimum atomic E-state index is 0.624. The van der Waals surface area contributed by atoms with Crippen LogP contribution < -0.4 is 0 Å². The van der Waals surface area contributed by atoms with Gasteiger partial charge in [-0.2, -0.15) is 0 Å². The number of aromatic nitrogens is 2. The molecular weight excluding hydrogens is 450 g/mol. The fourth-order valence-corrected chi connectivity index (χ4v) is 4.91. The van der Waals surface area contributed by atoms with E-state index in [-0.39, 0.29) is 0 Å². The summed E-state index contributed by atoms with van der Waals surface area (Å²) in [6.07, 6.45) is 1.75. The van der Waals surface area contributed by atoms with Crippen molar-refractivity contribution in [2.45, 2.75) is 21.7 Å². The van der Waals surface area contributed by atoms with Crippen LogP contribution in [0.25, 0.3) is 0 Å². The highest BCUT2D eigenvalue weighted by atomic mass is 35.5. The molecule has 8 heteroatoms. The summed E-state index contributed by atoms with van der Waals surface area (Å²) in [6, 6.07) is 12.9. The summed E-state index contributed by atoms with van der Waals surface area (Å²) in [7, 11) is 0. The Morgan fingerprint density at radius 3 is 1.88 bits per heavy atom. The van der Waals surface area contributed by atoms with E-state index in [4.69, 9.17) is 46.4 Å². The van der Waals surface area contributed by atoms with E-state index in [2.05, 4.69) is 9.97 Å². The molecule has 3 aromatic rings. The molecule has 0 aliphatic carbocycles. The summed E-state index contributed by atoms with van der Waals surface area (Å²) in [6.45, 7) is 0. The first kappa shape index (κ1) is 20.1. The number of thioether (sulfide) groups is 2. The van der Waals surface area contributed by atoms with Gasteiger partial charge in [0.25, 0.3) is 0 Å². The lowest BCUT2D eigenvalue weighted by Crippen LogP contribution is -1.91. The molecule has 0 amide bonds. The zero-order valence-electron chi connectivity index (χ0n) is 13.3. The first-order chi connectivity index (χ1) is 12.5. The van der Waals surface area contributed by atoms with Crippen molar-refractivity contribution in [1.29, 1.82) is 0 Å². The van der Waals surface area contributed by atoms with Gasteiger partial charge in [-0.25, -0.2) is 9.97 Å². The van der Waals surface area contributed by atoms with Crippen molar-refractivity contribution in [3.05, 3.63) is 79.9 Å². The van der Waals surface area contributed by atoms with Crippen molar-refractivity contribution in [3.63, 3.8) is 0 Å². The van der Waals surface area contributed by atoms with Crippen molar-refractivity contribution < 1.29 is 0 Å². The van der Waals surface area contributed by atoms with E-state index in [0.29, 0.717) is 36.8 Å². The summed E-state index contributed by atoms with van der Waals surface area (Å²) in [5.74, 6) is 1.38. The van der Waals surface area contributed by atoms with Crippen LogP contribution in [0, 0.1) is 0 Å². The third-order valence-electron chi connectivity index (χ3n) is 3.37. The lowest BCUT2D eigenvalue weighted by molar-refractivity contribution is 0.891. The Morgan fingerprint density at radius 2 is 1.31 bits per heavy atom. The first-order valence-corrected chi connectivity index (χ1v) is 11.0. The monoisotopic (exact) mass is 460 g/mol. The van der Waals surface area contributed by atoms with Gasteiger partial charge in [0, 0.05) is 37.8 Å². The molecule has 0 atom stereocenters. The van der Waals surface area contributed by atoms with Crippen LogP contribution in [-0.2, 0) is 11.5 Å². The molecule has 0 saturated carbocycles. The number of rotatable bonds is 6. The maximum atomic E-state index is 6.21. The van der Waals surface area contributed by atoms with Gasteiger partial charge in [0.2, 0.25) is 0 Å². The van der Waals surface area contributed by atoms with Crippen LogP contribution in [0.4, 0.5) is 0 Å². The molecule has 0 N–H and O–H groups in total. The van der Waals surface area contributed by atoms with Crippen molar-refractivity contribution in [1.82, 2.24) is 9.97 Å². The minimum absolute atomic E-state index is 0.624. The van der Waals surface area contributed by atoms with Gasteiger partial charge >= 0.3 is 0 Å². The highest BCUT2D eigenvalue weighted by molar-refractivity contribution is 7.99. The SMILES string of the molecule is Clc1ccc(CSc2ccnc(SCc3ccc(Cl)cc3Cl)n2)c(Cl)c1. The molecule has 1 aromatic heterocycles. The largest absolute Gasteiger partial charge is 0.231 e. The molecule has 0 spiro atoms. The second-order valence-electron chi connectivity index (χ2n) is 5.23. The van der Waals surface area contributed by atoms with Crippen LogP contribution >= 0.6 is 69.9 Å². The third-order valence-corrected chi connectivity index (χ3v) is 6.43. The third kappa shape index (κ3) is 5.69. The lowest BCUT2D eigenvalue weighted by atomic mass is 10.2. The molecular formula is C18H12Cl4N2S2. The molecule has 0 saturated heterocycles. The molecule has 134 valence electrons. The Hall–Kier alpha value is -0.620. The lowest BCUT2D eigenvalue weighted by Gasteiger charge is -2.06. The molecule has 2 aromatic carbocycles. The maximum Gasteiger partial charge on any atom is 0.188 e. The van der Waals surface area contributed by atoms with Gasteiger partial charge in [0.05, 0.1) is 0 Å². The Morgan fingerprint density at radius 1 is 0.731 bits per heavy atom. The number of hydrogen-bond acceptors (Lipinski definition) is 4. The molecule has 0 aliphatic heterocycles. The zero-order valence-corrected chi connectivity index (χ0v) is 17.9. The van der Waals surface area contributed by atoms with E-state index in [9.17, 15) is 0 Å². The second kappa shape index (κ2) is 9.54. The summed E-state index contributed by atoms with van der Waals surface area (Å²) in [5.41, 5.74) is 2.01. The van der Waals surface area contributed by atoms with Crippen LogP contribution in [0.2, 0.25) is 20.1 Å². The molecule has 0 aliphatic rings. The normalized spacial score (nSPS) is 10.9. The molecule has 0 bridgehead atoms. The van der Waals surface area contributed by atoms with Crippen LogP contribution in [0.5, 0.6) is 0 Å². The van der Waals surface area contributed by atoms with E-state index >= 15 is 0 Å². The van der Waals surface area contributed by atoms with E-state index in [1.54, 1.807) is 30.1 Å². The fraction of sp³-hybridized carbons (Fsp3) is 0.111. The average Bonchev–Trinajstić information content (AvgIpc) is 2.61. The smallest absolute Gasteiger partial charge is 0.188 e. The standard InChI is InChI=1S/C18H12Cl4N2S2/c19-13-3-1-11(15(21)7-13)9-25-17-5-6-23-18(24-17)26-10-12-2-4-14(20)8-16(12)22/h1-8H,9-10H2. The molecule has 1 heterocycles. The number of halogens is 4. The van der Waals surface area contributed by atoms with Crippen molar-refractivity contribution in [2.24, 2.45) is 0 Å². The Labute approximate surface area is 180 Å². The van der Waals surface area contributed by atoms with Crippen LogP contribution in [0.15, 0.2) is 58.8 Å². The van der Waals surface area contributed by atoms with E-state index in [0.717, 1.165) is 16.2 Å². The van der Waals surface area contributed by atoms with Gasteiger partial charge < -0.3 is 0 Å². The topological polar surface area (TPSA) is 25.8 Å². The second-order valence-corrected chi connectivity index (χ2v) is 8.85. The Kier molecular flexibility index (Phi) is 7.38. The fourth-order valence-electron chi connectivity index (χ4n) is 2.05. The van der Waals surface area contributed by atoms with E-state index in [1.165, 1.54) is 11.8 Å². The van der Waals surface area contributed by atoms with Gasteiger partial charge in [-0.3, -0.25) is 0 Å². The van der Waals surface area contributed by atoms with Crippen molar-refractivity contribution >= 4 is 69.9 Å². The van der Waals surface area contributed by atoms with Crippen LogP contribution in [0.1, 0.15) is 11.1 Å². The van der Waals surface area contributed by atoms with Crippen LogP contribution in [0.3, 0.4) is 0 Å². The average molecular weight is 462 g/mol. The highest BCUT2D eigenvalue weighted by Crippen LogP contribution is 2.30. The van der Waals surface area contributed by atoms with Gasteiger partial charge in [0.15, 0.2) is 5.16 Å². The first-order valence-electron chi connectivity index (χ1n) is 7.48. The number of nitrogens with zero attached hydrogens (tertiary/aromatic N) is 2. The number of hydrogen-bond donors (Lipinski definition) is 0. The van der Waals surface area contributed by atoms with E-state index in [1.807, 2.05) is 30.3 Å². The predicted molar refractivity (Wildman–Crippen MR) is 114 cm³/mol. The Balaban J connectivity index is 1.62. The van der Waals surface area contributed by atoms with Crippen molar-refractivity contribution in [3.8, 4) is 0 Å². The summed E-state index contributed by atoms with van der Waals surface area (Å²) in [5, 5.41) is 4.14. The quantitative estimate of drug-likeness (QED) is 0.213. The highest BCUT2D eigenvalue weighted by Gasteiger charge is 2.07. The van der Waals surface area contributed by atoms with E-state index < -0.39 is 0 Å². The molecule has 3 rings (SSSR count). The van der Waals surface area contributed by atoms with Gasteiger partial charge in [-0.1, -0.05) is 70.3 Å². The molecule has 26 heavy (non-hydrogen) atoms. The van der Waals surface area contributed by atoms with Gasteiger partial charge in [-0.15, -0.1) is 11.8 Å². The minimum Gasteiger partial charge on any atom is -0.231 e. The molecule has 0 radical (unpaired) electrons. The summed E-state index contributed by atoms with van der Waals surface area (Å²) >= 11 is 27.4. The van der Waals surface area contributed by atoms with Gasteiger partial charge in [-0.05, 0) is 41.5 Å². The maximum absolute atomic E-state index is 6.21. The van der Waals surface area contributed by atoms with Crippen molar-refractivity contribution in [2.75, 3.05) is 0 Å². The molecule has 0 fully saturated rings.